The highest BCUT2D eigenvalue weighted by Gasteiger charge is 2.30. The Balaban J connectivity index is 1.31. The molecule has 1 unspecified atom stereocenters. The van der Waals surface area contributed by atoms with Crippen molar-refractivity contribution in [3.05, 3.63) is 64.8 Å². The first-order valence-corrected chi connectivity index (χ1v) is 11.0. The molecular weight excluding hydrogens is 406 g/mol. The molecule has 3 aromatic heterocycles. The normalized spacial score (nSPS) is 16.4. The van der Waals surface area contributed by atoms with Crippen molar-refractivity contribution < 1.29 is 9.53 Å². The molecule has 0 spiro atoms. The number of hydrogen-bond donors (Lipinski definition) is 1. The number of fused-ring (bicyclic) bond motifs is 2. The summed E-state index contributed by atoms with van der Waals surface area (Å²) in [5.41, 5.74) is 3.64. The van der Waals surface area contributed by atoms with Crippen molar-refractivity contribution in [2.75, 3.05) is 26.8 Å². The first-order valence-electron chi connectivity index (χ1n) is 11.0. The molecule has 1 saturated heterocycles. The number of aryl methyl sites for hydroxylation is 1. The molecule has 1 aliphatic heterocycles. The van der Waals surface area contributed by atoms with Crippen LogP contribution in [0.2, 0.25) is 0 Å². The summed E-state index contributed by atoms with van der Waals surface area (Å²) in [7, 11) is 1.62. The molecule has 8 heteroatoms. The standard InChI is InChI=1S/C24H27N5O3/c1-32-14-13-28-21-7-4-11-25-23(21)29(24(28)31)18-10-12-27(16-18)22(30)9-8-17-15-26-20-6-3-2-5-19(17)20/h2-7,11,15,18,26H,8-10,12-14,16H2,1H3. The van der Waals surface area contributed by atoms with Crippen LogP contribution < -0.4 is 5.69 Å². The van der Waals surface area contributed by atoms with Gasteiger partial charge in [-0.05, 0) is 36.6 Å². The van der Waals surface area contributed by atoms with Crippen LogP contribution in [0.1, 0.15) is 24.4 Å². The summed E-state index contributed by atoms with van der Waals surface area (Å²) in [5, 5.41) is 1.17. The van der Waals surface area contributed by atoms with E-state index >= 15 is 0 Å². The fraction of sp³-hybridized carbons (Fsp3) is 0.375. The maximum Gasteiger partial charge on any atom is 0.330 e. The second-order valence-corrected chi connectivity index (χ2v) is 8.28. The van der Waals surface area contributed by atoms with E-state index in [9.17, 15) is 9.59 Å². The topological polar surface area (TPSA) is 85.1 Å². The molecule has 1 aliphatic rings. The minimum Gasteiger partial charge on any atom is -0.383 e. The van der Waals surface area contributed by atoms with Crippen molar-refractivity contribution in [1.29, 1.82) is 0 Å². The lowest BCUT2D eigenvalue weighted by atomic mass is 10.1. The maximum absolute atomic E-state index is 13.2. The number of carbonyl (C=O) groups excluding carboxylic acids is 1. The minimum atomic E-state index is -0.0890. The number of H-pyrrole nitrogens is 1. The molecule has 32 heavy (non-hydrogen) atoms. The Labute approximate surface area is 185 Å². The number of methoxy groups -OCH3 is 1. The summed E-state index contributed by atoms with van der Waals surface area (Å²) in [5.74, 6) is 0.127. The van der Waals surface area contributed by atoms with E-state index in [4.69, 9.17) is 4.74 Å². The molecule has 4 aromatic rings. The summed E-state index contributed by atoms with van der Waals surface area (Å²) < 4.78 is 8.65. The van der Waals surface area contributed by atoms with Gasteiger partial charge in [0.1, 0.15) is 0 Å². The van der Waals surface area contributed by atoms with Gasteiger partial charge in [0.05, 0.1) is 24.7 Å². The maximum atomic E-state index is 13.2. The van der Waals surface area contributed by atoms with E-state index in [1.54, 1.807) is 22.4 Å². The Morgan fingerprint density at radius 3 is 3.00 bits per heavy atom. The van der Waals surface area contributed by atoms with Gasteiger partial charge in [-0.25, -0.2) is 9.78 Å². The number of imidazole rings is 1. The molecule has 5 rings (SSSR count). The van der Waals surface area contributed by atoms with Crippen molar-refractivity contribution >= 4 is 28.0 Å². The molecule has 1 aromatic carbocycles. The van der Waals surface area contributed by atoms with E-state index in [0.717, 1.165) is 23.0 Å². The van der Waals surface area contributed by atoms with Gasteiger partial charge >= 0.3 is 5.69 Å². The lowest BCUT2D eigenvalue weighted by Gasteiger charge is -2.17. The van der Waals surface area contributed by atoms with Crippen molar-refractivity contribution in [1.82, 2.24) is 24.0 Å². The average molecular weight is 434 g/mol. The van der Waals surface area contributed by atoms with Gasteiger partial charge in [-0.2, -0.15) is 0 Å². The number of benzene rings is 1. The van der Waals surface area contributed by atoms with Gasteiger partial charge in [-0.1, -0.05) is 18.2 Å². The van der Waals surface area contributed by atoms with Crippen molar-refractivity contribution in [2.24, 2.45) is 0 Å². The predicted octanol–water partition coefficient (Wildman–Crippen LogP) is 2.73. The van der Waals surface area contributed by atoms with E-state index in [0.29, 0.717) is 44.7 Å². The molecule has 166 valence electrons. The van der Waals surface area contributed by atoms with Gasteiger partial charge in [-0.3, -0.25) is 13.9 Å². The van der Waals surface area contributed by atoms with E-state index in [1.807, 2.05) is 41.4 Å². The van der Waals surface area contributed by atoms with Gasteiger partial charge in [-0.15, -0.1) is 0 Å². The minimum absolute atomic E-state index is 0.0688. The van der Waals surface area contributed by atoms with E-state index in [-0.39, 0.29) is 17.6 Å². The quantitative estimate of drug-likeness (QED) is 0.486. The average Bonchev–Trinajstić information content (AvgIpc) is 3.52. The Kier molecular flexibility index (Phi) is 5.53. The summed E-state index contributed by atoms with van der Waals surface area (Å²) in [4.78, 5) is 35.8. The molecular formula is C24H27N5O3. The number of hydrogen-bond acceptors (Lipinski definition) is 4. The number of amides is 1. The van der Waals surface area contributed by atoms with Crippen LogP contribution in [0.25, 0.3) is 22.1 Å². The summed E-state index contributed by atoms with van der Waals surface area (Å²) in [6.07, 6.45) is 5.60. The number of rotatable bonds is 7. The van der Waals surface area contributed by atoms with Crippen molar-refractivity contribution in [3.63, 3.8) is 0 Å². The van der Waals surface area contributed by atoms with E-state index in [1.165, 1.54) is 5.39 Å². The fourth-order valence-corrected chi connectivity index (χ4v) is 4.75. The monoisotopic (exact) mass is 433 g/mol. The number of ether oxygens (including phenoxy) is 1. The zero-order chi connectivity index (χ0) is 22.1. The van der Waals surface area contributed by atoms with Gasteiger partial charge in [0.25, 0.3) is 0 Å². The van der Waals surface area contributed by atoms with Crippen LogP contribution in [0.3, 0.4) is 0 Å². The van der Waals surface area contributed by atoms with E-state index < -0.39 is 0 Å². The zero-order valence-electron chi connectivity index (χ0n) is 18.2. The third kappa shape index (κ3) is 3.60. The molecule has 1 atom stereocenters. The summed E-state index contributed by atoms with van der Waals surface area (Å²) >= 11 is 0. The lowest BCUT2D eigenvalue weighted by Crippen LogP contribution is -2.32. The Hall–Kier alpha value is -3.39. The fourth-order valence-electron chi connectivity index (χ4n) is 4.75. The highest BCUT2D eigenvalue weighted by molar-refractivity contribution is 5.84. The largest absolute Gasteiger partial charge is 0.383 e. The number of nitrogens with one attached hydrogen (secondary N) is 1. The summed E-state index contributed by atoms with van der Waals surface area (Å²) in [6.45, 7) is 2.12. The number of pyridine rings is 1. The van der Waals surface area contributed by atoms with Crippen LogP contribution >= 0.6 is 0 Å². The molecule has 0 aliphatic carbocycles. The number of carbonyl (C=O) groups is 1. The highest BCUT2D eigenvalue weighted by atomic mass is 16.5. The van der Waals surface area contributed by atoms with Gasteiger partial charge in [0.15, 0.2) is 5.65 Å². The van der Waals surface area contributed by atoms with Crippen LogP contribution in [-0.2, 0) is 22.5 Å². The van der Waals surface area contributed by atoms with Crippen LogP contribution in [0.5, 0.6) is 0 Å². The second kappa shape index (κ2) is 8.63. The Morgan fingerprint density at radius 1 is 1.25 bits per heavy atom. The predicted molar refractivity (Wildman–Crippen MR) is 123 cm³/mol. The van der Waals surface area contributed by atoms with Crippen molar-refractivity contribution in [3.8, 4) is 0 Å². The van der Waals surface area contributed by atoms with Crippen LogP contribution in [0.15, 0.2) is 53.6 Å². The van der Waals surface area contributed by atoms with Gasteiger partial charge < -0.3 is 14.6 Å². The first-order chi connectivity index (χ1) is 15.7. The number of likely N-dealkylation sites (tertiary alicyclic amines) is 1. The molecule has 1 fully saturated rings. The van der Waals surface area contributed by atoms with Gasteiger partial charge in [0, 0.05) is 49.9 Å². The number of nitrogens with zero attached hydrogens (tertiary/aromatic N) is 4. The molecule has 0 radical (unpaired) electrons. The molecule has 0 saturated carbocycles. The first kappa shape index (κ1) is 20.5. The number of aromatic nitrogens is 4. The second-order valence-electron chi connectivity index (χ2n) is 8.28. The smallest absolute Gasteiger partial charge is 0.330 e. The SMILES string of the molecule is COCCn1c(=O)n(C2CCN(C(=O)CCc3c[nH]c4ccccc34)C2)c2ncccc21. The Morgan fingerprint density at radius 2 is 2.12 bits per heavy atom. The molecule has 4 heterocycles. The zero-order valence-corrected chi connectivity index (χ0v) is 18.2. The van der Waals surface area contributed by atoms with Crippen LogP contribution in [-0.4, -0.2) is 56.7 Å². The third-order valence-corrected chi connectivity index (χ3v) is 6.41. The highest BCUT2D eigenvalue weighted by Crippen LogP contribution is 2.25. The van der Waals surface area contributed by atoms with E-state index in [2.05, 4.69) is 16.0 Å². The Bertz CT molecular complexity index is 1320. The van der Waals surface area contributed by atoms with Crippen LogP contribution in [0, 0.1) is 0 Å². The molecule has 0 bridgehead atoms. The van der Waals surface area contributed by atoms with Crippen LogP contribution in [0.4, 0.5) is 0 Å². The van der Waals surface area contributed by atoms with Gasteiger partial charge in [0.2, 0.25) is 5.91 Å². The lowest BCUT2D eigenvalue weighted by molar-refractivity contribution is -0.130. The van der Waals surface area contributed by atoms with Crippen molar-refractivity contribution in [2.45, 2.75) is 31.8 Å². The molecule has 1 N–H and O–H groups in total. The number of para-hydroxylation sites is 1. The number of aromatic amines is 1. The summed E-state index contributed by atoms with van der Waals surface area (Å²) in [6, 6.07) is 11.8. The molecule has 1 amide bonds. The third-order valence-electron chi connectivity index (χ3n) is 6.41. The molecule has 8 nitrogen and oxygen atoms in total.